The van der Waals surface area contributed by atoms with E-state index in [-0.39, 0.29) is 79.3 Å². The fourth-order valence-corrected chi connectivity index (χ4v) is 5.33. The molecule has 6 amide bonds. The third kappa shape index (κ3) is 4.73. The van der Waals surface area contributed by atoms with Crippen LogP contribution in [0.5, 0.6) is 0 Å². The highest BCUT2D eigenvalue weighted by atomic mass is 16.2. The van der Waals surface area contributed by atoms with Crippen molar-refractivity contribution in [2.75, 3.05) is 0 Å². The first-order chi connectivity index (χ1) is 15.4. The van der Waals surface area contributed by atoms with Crippen molar-refractivity contribution in [3.05, 3.63) is 0 Å². The molecule has 0 spiro atoms. The zero-order valence-electron chi connectivity index (χ0n) is 20.3. The quantitative estimate of drug-likeness (QED) is 0.486. The van der Waals surface area contributed by atoms with Gasteiger partial charge in [-0.3, -0.25) is 43.5 Å². The molecule has 0 aliphatic carbocycles. The van der Waals surface area contributed by atoms with Crippen molar-refractivity contribution in [2.24, 2.45) is 11.3 Å². The molecule has 0 saturated carbocycles. The summed E-state index contributed by atoms with van der Waals surface area (Å²) in [6, 6.07) is -0.862. The molecule has 9 nitrogen and oxygen atoms in total. The summed E-state index contributed by atoms with van der Waals surface area (Å²) in [5.41, 5.74) is -0.814. The molecule has 0 aromatic rings. The molecule has 4 atom stereocenters. The van der Waals surface area contributed by atoms with E-state index >= 15 is 0 Å². The maximum Gasteiger partial charge on any atom is 0.235 e. The van der Waals surface area contributed by atoms with Crippen LogP contribution in [0, 0.1) is 11.3 Å². The van der Waals surface area contributed by atoms with Crippen LogP contribution >= 0.6 is 0 Å². The largest absolute Gasteiger partial charge is 0.280 e. The van der Waals surface area contributed by atoms with Crippen molar-refractivity contribution in [1.82, 2.24) is 14.7 Å². The normalized spacial score (nSPS) is 28.2. The smallest absolute Gasteiger partial charge is 0.235 e. The van der Waals surface area contributed by atoms with E-state index in [0.29, 0.717) is 25.7 Å². The minimum absolute atomic E-state index is 0.119. The predicted octanol–water partition coefficient (Wildman–Crippen LogP) is 2.02. The van der Waals surface area contributed by atoms with Crippen LogP contribution in [0.25, 0.3) is 0 Å². The first-order valence-electron chi connectivity index (χ1n) is 11.9. The number of rotatable bonds is 9. The van der Waals surface area contributed by atoms with Crippen LogP contribution in [-0.2, 0) is 28.8 Å². The van der Waals surface area contributed by atoms with Crippen LogP contribution in [0.1, 0.15) is 86.0 Å². The van der Waals surface area contributed by atoms with Crippen molar-refractivity contribution >= 4 is 35.4 Å². The van der Waals surface area contributed by atoms with Gasteiger partial charge in [-0.2, -0.15) is 0 Å². The highest BCUT2D eigenvalue weighted by molar-refractivity contribution is 6.06. The number of imide groups is 3. The molecule has 0 aromatic carbocycles. The van der Waals surface area contributed by atoms with Crippen LogP contribution in [0.15, 0.2) is 0 Å². The summed E-state index contributed by atoms with van der Waals surface area (Å²) in [5.74, 6) is -1.66. The van der Waals surface area contributed by atoms with E-state index in [9.17, 15) is 28.8 Å². The van der Waals surface area contributed by atoms with Gasteiger partial charge in [-0.05, 0) is 53.4 Å². The van der Waals surface area contributed by atoms with Gasteiger partial charge in [0.05, 0.1) is 5.41 Å². The highest BCUT2D eigenvalue weighted by Gasteiger charge is 2.49. The van der Waals surface area contributed by atoms with E-state index in [1.165, 1.54) is 14.7 Å². The Morgan fingerprint density at radius 1 is 0.788 bits per heavy atom. The first kappa shape index (κ1) is 25.1. The molecule has 0 N–H and O–H groups in total. The summed E-state index contributed by atoms with van der Waals surface area (Å²) in [6.07, 6.45) is 2.50. The van der Waals surface area contributed by atoms with Gasteiger partial charge in [0.1, 0.15) is 0 Å². The Bertz CT molecular complexity index is 867. The van der Waals surface area contributed by atoms with E-state index in [1.54, 1.807) is 20.8 Å². The second-order valence-electron chi connectivity index (χ2n) is 10.4. The van der Waals surface area contributed by atoms with Gasteiger partial charge < -0.3 is 0 Å². The number of likely N-dealkylation sites (tertiary alicyclic amines) is 3. The van der Waals surface area contributed by atoms with Crippen molar-refractivity contribution in [2.45, 2.75) is 104 Å². The number of carbonyl (C=O) groups excluding carboxylic acids is 6. The Morgan fingerprint density at radius 2 is 1.36 bits per heavy atom. The maximum atomic E-state index is 13.0. The van der Waals surface area contributed by atoms with Gasteiger partial charge in [-0.1, -0.05) is 6.92 Å². The monoisotopic (exact) mass is 461 g/mol. The Kier molecular flexibility index (Phi) is 7.10. The molecule has 182 valence electrons. The summed E-state index contributed by atoms with van der Waals surface area (Å²) < 4.78 is 0. The number of carbonyl (C=O) groups is 6. The molecule has 3 aliphatic rings. The highest BCUT2D eigenvalue weighted by Crippen LogP contribution is 2.39. The fourth-order valence-electron chi connectivity index (χ4n) is 5.33. The summed E-state index contributed by atoms with van der Waals surface area (Å²) in [6.45, 7) is 8.99. The predicted molar refractivity (Wildman–Crippen MR) is 118 cm³/mol. The molecular weight excluding hydrogens is 426 g/mol. The molecule has 3 aliphatic heterocycles. The van der Waals surface area contributed by atoms with Gasteiger partial charge in [0, 0.05) is 49.7 Å². The zero-order chi connectivity index (χ0) is 24.7. The van der Waals surface area contributed by atoms with E-state index in [1.807, 2.05) is 13.8 Å². The lowest BCUT2D eigenvalue weighted by Gasteiger charge is -2.28. The zero-order valence-corrected chi connectivity index (χ0v) is 20.3. The number of hydrogen-bond donors (Lipinski definition) is 0. The minimum atomic E-state index is -0.814. The molecule has 9 heteroatoms. The third-order valence-electron chi connectivity index (χ3n) is 7.36. The topological polar surface area (TPSA) is 112 Å². The molecule has 0 aromatic heterocycles. The van der Waals surface area contributed by atoms with Crippen molar-refractivity contribution in [1.29, 1.82) is 0 Å². The SMILES string of the molecule is CC(C)N1C(=O)CC(C)(CCC(C)N2C(=O)CC(CCC(C)N3C(=O)CCC3=O)C2=O)C1=O. The lowest BCUT2D eigenvalue weighted by Crippen LogP contribution is -2.41. The number of hydrogen-bond acceptors (Lipinski definition) is 6. The molecule has 3 heterocycles. The van der Waals surface area contributed by atoms with Crippen LogP contribution in [0.3, 0.4) is 0 Å². The molecule has 0 bridgehead atoms. The van der Waals surface area contributed by atoms with Crippen molar-refractivity contribution in [3.63, 3.8) is 0 Å². The summed E-state index contributed by atoms with van der Waals surface area (Å²) >= 11 is 0. The van der Waals surface area contributed by atoms with Gasteiger partial charge in [0.25, 0.3) is 0 Å². The minimum Gasteiger partial charge on any atom is -0.280 e. The molecule has 0 radical (unpaired) electrons. The Balaban J connectivity index is 1.56. The second-order valence-corrected chi connectivity index (χ2v) is 10.4. The molecule has 3 fully saturated rings. The molecule has 33 heavy (non-hydrogen) atoms. The van der Waals surface area contributed by atoms with E-state index in [0.717, 1.165) is 0 Å². The summed E-state index contributed by atoms with van der Waals surface area (Å²) in [4.78, 5) is 78.4. The average molecular weight is 462 g/mol. The lowest BCUT2D eigenvalue weighted by molar-refractivity contribution is -0.144. The van der Waals surface area contributed by atoms with Gasteiger partial charge in [-0.15, -0.1) is 0 Å². The van der Waals surface area contributed by atoms with Crippen LogP contribution in [0.4, 0.5) is 0 Å². The van der Waals surface area contributed by atoms with Gasteiger partial charge >= 0.3 is 0 Å². The maximum absolute atomic E-state index is 13.0. The van der Waals surface area contributed by atoms with Crippen LogP contribution < -0.4 is 0 Å². The molecule has 3 saturated heterocycles. The summed E-state index contributed by atoms with van der Waals surface area (Å²) in [7, 11) is 0. The molecule has 4 unspecified atom stereocenters. The lowest BCUT2D eigenvalue weighted by atomic mass is 9.82. The van der Waals surface area contributed by atoms with E-state index < -0.39 is 11.3 Å². The Labute approximate surface area is 194 Å². The average Bonchev–Trinajstić information content (AvgIpc) is 3.29. The van der Waals surface area contributed by atoms with Gasteiger partial charge in [0.2, 0.25) is 35.4 Å². The third-order valence-corrected chi connectivity index (χ3v) is 7.36. The van der Waals surface area contributed by atoms with Gasteiger partial charge in [-0.25, -0.2) is 0 Å². The van der Waals surface area contributed by atoms with Crippen LogP contribution in [-0.4, -0.2) is 68.3 Å². The second kappa shape index (κ2) is 9.35. The van der Waals surface area contributed by atoms with Crippen LogP contribution in [0.2, 0.25) is 0 Å². The summed E-state index contributed by atoms with van der Waals surface area (Å²) in [5, 5.41) is 0. The Morgan fingerprint density at radius 3 is 1.91 bits per heavy atom. The van der Waals surface area contributed by atoms with Gasteiger partial charge in [0.15, 0.2) is 0 Å². The Hall–Kier alpha value is -2.58. The first-order valence-corrected chi connectivity index (χ1v) is 11.9. The van der Waals surface area contributed by atoms with E-state index in [4.69, 9.17) is 0 Å². The molecular formula is C24H35N3O6. The fraction of sp³-hybridized carbons (Fsp3) is 0.750. The van der Waals surface area contributed by atoms with Crippen molar-refractivity contribution < 1.29 is 28.8 Å². The number of amides is 6. The number of nitrogens with zero attached hydrogens (tertiary/aromatic N) is 3. The van der Waals surface area contributed by atoms with Crippen molar-refractivity contribution in [3.8, 4) is 0 Å². The van der Waals surface area contributed by atoms with E-state index in [2.05, 4.69) is 0 Å². The molecule has 3 rings (SSSR count). The standard InChI is InChI=1S/C24H35N3O6/c1-14(2)25-21(31)13-24(5,23(25)33)11-10-16(4)27-20(30)12-17(22(27)32)7-6-15(3)26-18(28)8-9-19(26)29/h14-17H,6-13H2,1-5H3.